The summed E-state index contributed by atoms with van der Waals surface area (Å²) in [5, 5.41) is 0. The molecule has 0 aliphatic carbocycles. The van der Waals surface area contributed by atoms with Gasteiger partial charge in [0, 0.05) is 6.54 Å². The molecule has 0 aliphatic rings. The Bertz CT molecular complexity index is 454. The Morgan fingerprint density at radius 2 is 2.12 bits per heavy atom. The summed E-state index contributed by atoms with van der Waals surface area (Å²) in [6.45, 7) is 6.17. The van der Waals surface area contributed by atoms with Crippen LogP contribution in [0.2, 0.25) is 4.47 Å². The number of aromatic nitrogens is 1. The highest BCUT2D eigenvalue weighted by atomic mass is 35.5. The highest BCUT2D eigenvalue weighted by molar-refractivity contribution is 7.91. The van der Waals surface area contributed by atoms with Gasteiger partial charge in [0.1, 0.15) is 0 Å². The van der Waals surface area contributed by atoms with Gasteiger partial charge in [0.25, 0.3) is 10.0 Å². The number of nitrogens with one attached hydrogen (secondary N) is 1. The van der Waals surface area contributed by atoms with Crippen LogP contribution in [0.5, 0.6) is 0 Å². The van der Waals surface area contributed by atoms with E-state index in [9.17, 15) is 8.42 Å². The lowest BCUT2D eigenvalue weighted by Crippen LogP contribution is -2.25. The Morgan fingerprint density at radius 3 is 2.56 bits per heavy atom. The van der Waals surface area contributed by atoms with Crippen molar-refractivity contribution in [1.29, 1.82) is 0 Å². The number of hydrogen-bond donors (Lipinski definition) is 1. The molecule has 0 bridgehead atoms. The number of halogens is 1. The average molecular weight is 283 g/mol. The fourth-order valence-electron chi connectivity index (χ4n) is 1.15. The predicted molar refractivity (Wildman–Crippen MR) is 66.5 cm³/mol. The topological polar surface area (TPSA) is 59.1 Å². The maximum Gasteiger partial charge on any atom is 0.251 e. The maximum absolute atomic E-state index is 11.8. The zero-order chi connectivity index (χ0) is 12.3. The lowest BCUT2D eigenvalue weighted by Gasteiger charge is -2.06. The van der Waals surface area contributed by atoms with Crippen molar-refractivity contribution >= 4 is 33.0 Å². The molecule has 0 saturated carbocycles. The Balaban J connectivity index is 2.75. The summed E-state index contributed by atoms with van der Waals surface area (Å²) in [6, 6.07) is 0. The monoisotopic (exact) mass is 282 g/mol. The molecule has 7 heteroatoms. The van der Waals surface area contributed by atoms with E-state index in [1.54, 1.807) is 6.92 Å². The van der Waals surface area contributed by atoms with Crippen molar-refractivity contribution in [3.05, 3.63) is 10.2 Å². The summed E-state index contributed by atoms with van der Waals surface area (Å²) in [4.78, 5) is 3.89. The Morgan fingerprint density at radius 1 is 1.50 bits per heavy atom. The molecule has 0 spiro atoms. The van der Waals surface area contributed by atoms with Crippen molar-refractivity contribution in [2.24, 2.45) is 5.92 Å². The minimum absolute atomic E-state index is 0.209. The first kappa shape index (κ1) is 13.9. The summed E-state index contributed by atoms with van der Waals surface area (Å²) in [5.74, 6) is 0.467. The largest absolute Gasteiger partial charge is 0.251 e. The van der Waals surface area contributed by atoms with E-state index in [4.69, 9.17) is 11.6 Å². The second kappa shape index (κ2) is 5.44. The zero-order valence-electron chi connectivity index (χ0n) is 9.45. The van der Waals surface area contributed by atoms with Crippen LogP contribution in [0.1, 0.15) is 26.0 Å². The minimum Gasteiger partial charge on any atom is -0.229 e. The first-order valence-corrected chi connectivity index (χ1v) is 7.63. The molecule has 1 aromatic rings. The fraction of sp³-hybridized carbons (Fsp3) is 0.667. The maximum atomic E-state index is 11.8. The summed E-state index contributed by atoms with van der Waals surface area (Å²) in [7, 11) is -3.44. The molecular formula is C9H15ClN2O2S2. The number of sulfonamides is 1. The van der Waals surface area contributed by atoms with Crippen molar-refractivity contribution in [1.82, 2.24) is 9.71 Å². The van der Waals surface area contributed by atoms with Crippen LogP contribution in [0.25, 0.3) is 0 Å². The van der Waals surface area contributed by atoms with Crippen LogP contribution in [-0.4, -0.2) is 19.9 Å². The molecule has 4 nitrogen and oxygen atoms in total. The Labute approximate surface area is 105 Å². The van der Waals surface area contributed by atoms with Gasteiger partial charge in [-0.25, -0.2) is 18.1 Å². The van der Waals surface area contributed by atoms with E-state index < -0.39 is 10.0 Å². The molecule has 0 amide bonds. The van der Waals surface area contributed by atoms with Gasteiger partial charge in [-0.2, -0.15) is 0 Å². The van der Waals surface area contributed by atoms with Crippen LogP contribution >= 0.6 is 22.9 Å². The van der Waals surface area contributed by atoms with Crippen molar-refractivity contribution < 1.29 is 8.42 Å². The molecule has 0 radical (unpaired) electrons. The van der Waals surface area contributed by atoms with Gasteiger partial charge in [0.2, 0.25) is 0 Å². The van der Waals surface area contributed by atoms with Crippen LogP contribution in [0.3, 0.4) is 0 Å². The molecule has 0 saturated heterocycles. The van der Waals surface area contributed by atoms with Crippen molar-refractivity contribution in [2.75, 3.05) is 6.54 Å². The number of hydrogen-bond acceptors (Lipinski definition) is 4. The highest BCUT2D eigenvalue weighted by Gasteiger charge is 2.20. The van der Waals surface area contributed by atoms with E-state index in [2.05, 4.69) is 9.71 Å². The minimum atomic E-state index is -3.44. The first-order chi connectivity index (χ1) is 7.33. The highest BCUT2D eigenvalue weighted by Crippen LogP contribution is 2.26. The van der Waals surface area contributed by atoms with Gasteiger partial charge in [-0.15, -0.1) is 0 Å². The third kappa shape index (κ3) is 3.69. The van der Waals surface area contributed by atoms with E-state index in [1.807, 2.05) is 13.8 Å². The lowest BCUT2D eigenvalue weighted by atomic mass is 10.1. The van der Waals surface area contributed by atoms with Gasteiger partial charge >= 0.3 is 0 Å². The quantitative estimate of drug-likeness (QED) is 0.902. The van der Waals surface area contributed by atoms with Gasteiger partial charge in [-0.1, -0.05) is 36.8 Å². The van der Waals surface area contributed by atoms with Crippen LogP contribution in [-0.2, 0) is 10.0 Å². The normalized spacial score (nSPS) is 12.3. The number of rotatable bonds is 5. The standard InChI is InChI=1S/C9H15ClN2O2S2/c1-6(2)4-5-11-16(13,14)8-7(3)12-9(10)15-8/h6,11H,4-5H2,1-3H3. The van der Waals surface area contributed by atoms with E-state index in [1.165, 1.54) is 0 Å². The molecule has 0 unspecified atom stereocenters. The summed E-state index contributed by atoms with van der Waals surface area (Å²) in [5.41, 5.74) is 0.451. The number of thiazole rings is 1. The molecule has 16 heavy (non-hydrogen) atoms. The molecule has 1 aromatic heterocycles. The van der Waals surface area contributed by atoms with Crippen LogP contribution in [0, 0.1) is 12.8 Å². The third-order valence-corrected chi connectivity index (χ3v) is 5.32. The first-order valence-electron chi connectivity index (χ1n) is 4.95. The second-order valence-electron chi connectivity index (χ2n) is 3.92. The molecule has 1 heterocycles. The Kier molecular flexibility index (Phi) is 4.73. The van der Waals surface area contributed by atoms with Gasteiger partial charge in [-0.05, 0) is 19.3 Å². The van der Waals surface area contributed by atoms with Crippen LogP contribution in [0.15, 0.2) is 4.21 Å². The Hall–Kier alpha value is -0.170. The van der Waals surface area contributed by atoms with E-state index in [-0.39, 0.29) is 8.68 Å². The van der Waals surface area contributed by atoms with E-state index in [0.717, 1.165) is 17.8 Å². The predicted octanol–water partition coefficient (Wildman–Crippen LogP) is 2.43. The van der Waals surface area contributed by atoms with Gasteiger partial charge in [0.05, 0.1) is 5.69 Å². The smallest absolute Gasteiger partial charge is 0.229 e. The SMILES string of the molecule is Cc1nc(Cl)sc1S(=O)(=O)NCCC(C)C. The lowest BCUT2D eigenvalue weighted by molar-refractivity contribution is 0.552. The third-order valence-electron chi connectivity index (χ3n) is 1.99. The summed E-state index contributed by atoms with van der Waals surface area (Å²) in [6.07, 6.45) is 0.810. The number of nitrogens with zero attached hydrogens (tertiary/aromatic N) is 1. The van der Waals surface area contributed by atoms with Crippen molar-refractivity contribution in [3.8, 4) is 0 Å². The van der Waals surface area contributed by atoms with Crippen LogP contribution in [0.4, 0.5) is 0 Å². The van der Waals surface area contributed by atoms with E-state index >= 15 is 0 Å². The van der Waals surface area contributed by atoms with E-state index in [0.29, 0.717) is 18.2 Å². The molecule has 1 rings (SSSR count). The molecular weight excluding hydrogens is 268 g/mol. The second-order valence-corrected chi connectivity index (χ2v) is 7.46. The van der Waals surface area contributed by atoms with Crippen molar-refractivity contribution in [3.63, 3.8) is 0 Å². The summed E-state index contributed by atoms with van der Waals surface area (Å²) >= 11 is 6.66. The zero-order valence-corrected chi connectivity index (χ0v) is 11.8. The molecule has 0 aromatic carbocycles. The molecule has 0 atom stereocenters. The van der Waals surface area contributed by atoms with Gasteiger partial charge in [0.15, 0.2) is 8.68 Å². The fourth-order valence-corrected chi connectivity index (χ4v) is 3.98. The summed E-state index contributed by atoms with van der Waals surface area (Å²) < 4.78 is 26.7. The molecule has 0 aliphatic heterocycles. The molecule has 92 valence electrons. The molecule has 0 fully saturated rings. The van der Waals surface area contributed by atoms with Gasteiger partial charge in [-0.3, -0.25) is 0 Å². The average Bonchev–Trinajstić information content (AvgIpc) is 2.44. The van der Waals surface area contributed by atoms with Crippen molar-refractivity contribution in [2.45, 2.75) is 31.4 Å². The van der Waals surface area contributed by atoms with Crippen LogP contribution < -0.4 is 4.72 Å². The van der Waals surface area contributed by atoms with Gasteiger partial charge < -0.3 is 0 Å². The number of aryl methyl sites for hydroxylation is 1. The molecule has 1 N–H and O–H groups in total.